The van der Waals surface area contributed by atoms with Crippen LogP contribution in [0.1, 0.15) is 18.9 Å². The van der Waals surface area contributed by atoms with E-state index in [4.69, 9.17) is 4.74 Å². The molecule has 1 aromatic heterocycles. The zero-order valence-corrected chi connectivity index (χ0v) is 8.41. The molecule has 0 bridgehead atoms. The number of carbonyl (C=O) groups excluding carboxylic acids is 1. The van der Waals surface area contributed by atoms with Crippen molar-refractivity contribution in [3.05, 3.63) is 23.9 Å². The fourth-order valence-electron chi connectivity index (χ4n) is 0.962. The molecule has 0 spiro atoms. The molecule has 1 N–H and O–H groups in total. The maximum Gasteiger partial charge on any atom is 0.219 e. The van der Waals surface area contributed by atoms with E-state index in [0.717, 1.165) is 5.56 Å². The van der Waals surface area contributed by atoms with Crippen molar-refractivity contribution >= 4 is 5.91 Å². The monoisotopic (exact) mass is 194 g/mol. The first kappa shape index (κ1) is 10.5. The van der Waals surface area contributed by atoms with Gasteiger partial charge in [0.05, 0.1) is 7.11 Å². The van der Waals surface area contributed by atoms with Gasteiger partial charge < -0.3 is 10.1 Å². The summed E-state index contributed by atoms with van der Waals surface area (Å²) in [5, 5.41) is 2.77. The molecule has 0 saturated heterocycles. The van der Waals surface area contributed by atoms with Crippen molar-refractivity contribution in [2.75, 3.05) is 7.11 Å². The van der Waals surface area contributed by atoms with Gasteiger partial charge in [-0.05, 0) is 5.56 Å². The fraction of sp³-hybridized carbons (Fsp3) is 0.400. The molecule has 1 heterocycles. The first-order valence-electron chi connectivity index (χ1n) is 4.52. The lowest BCUT2D eigenvalue weighted by atomic mass is 10.3. The number of pyridine rings is 1. The highest BCUT2D eigenvalue weighted by Crippen LogP contribution is 2.05. The average Bonchev–Trinajstić information content (AvgIpc) is 2.26. The van der Waals surface area contributed by atoms with E-state index in [1.54, 1.807) is 19.4 Å². The molecular formula is C10H14N2O2. The van der Waals surface area contributed by atoms with Crippen LogP contribution in [0.25, 0.3) is 0 Å². The Bertz CT molecular complexity index is 295. The molecule has 14 heavy (non-hydrogen) atoms. The van der Waals surface area contributed by atoms with Gasteiger partial charge in [0.1, 0.15) is 0 Å². The summed E-state index contributed by atoms with van der Waals surface area (Å²) in [6, 6.07) is 3.65. The minimum atomic E-state index is 0.0424. The quantitative estimate of drug-likeness (QED) is 0.781. The van der Waals surface area contributed by atoms with Crippen molar-refractivity contribution in [3.8, 4) is 5.88 Å². The highest BCUT2D eigenvalue weighted by Gasteiger charge is 1.98. The minimum absolute atomic E-state index is 0.0424. The van der Waals surface area contributed by atoms with Crippen molar-refractivity contribution in [1.82, 2.24) is 10.3 Å². The first-order chi connectivity index (χ1) is 6.76. The number of methoxy groups -OCH3 is 1. The van der Waals surface area contributed by atoms with Crippen LogP contribution in [0.2, 0.25) is 0 Å². The van der Waals surface area contributed by atoms with Crippen LogP contribution in [0.3, 0.4) is 0 Å². The minimum Gasteiger partial charge on any atom is -0.481 e. The predicted molar refractivity (Wildman–Crippen MR) is 52.9 cm³/mol. The Balaban J connectivity index is 2.47. The van der Waals surface area contributed by atoms with Crippen LogP contribution in [-0.2, 0) is 11.3 Å². The number of nitrogens with zero attached hydrogens (tertiary/aromatic N) is 1. The largest absolute Gasteiger partial charge is 0.481 e. The SMILES string of the molecule is CCC(=O)NCc1ccc(OC)nc1. The van der Waals surface area contributed by atoms with Crippen molar-refractivity contribution in [2.45, 2.75) is 19.9 Å². The lowest BCUT2D eigenvalue weighted by Crippen LogP contribution is -2.21. The molecule has 1 amide bonds. The molecule has 1 aromatic rings. The fourth-order valence-corrected chi connectivity index (χ4v) is 0.962. The second-order valence-electron chi connectivity index (χ2n) is 2.84. The summed E-state index contributed by atoms with van der Waals surface area (Å²) in [6.45, 7) is 2.34. The Kier molecular flexibility index (Phi) is 3.91. The normalized spacial score (nSPS) is 9.57. The Morgan fingerprint density at radius 3 is 2.86 bits per heavy atom. The molecule has 0 radical (unpaired) electrons. The van der Waals surface area contributed by atoms with Gasteiger partial charge in [-0.25, -0.2) is 4.98 Å². The Hall–Kier alpha value is -1.58. The molecule has 0 saturated carbocycles. The maximum absolute atomic E-state index is 11.0. The molecule has 0 fully saturated rings. The van der Waals surface area contributed by atoms with E-state index in [-0.39, 0.29) is 5.91 Å². The molecule has 1 rings (SSSR count). The van der Waals surface area contributed by atoms with Gasteiger partial charge in [0, 0.05) is 25.2 Å². The number of ether oxygens (including phenoxy) is 1. The van der Waals surface area contributed by atoms with E-state index in [0.29, 0.717) is 18.8 Å². The van der Waals surface area contributed by atoms with Crippen LogP contribution < -0.4 is 10.1 Å². The number of carbonyl (C=O) groups is 1. The number of nitrogens with one attached hydrogen (secondary N) is 1. The Morgan fingerprint density at radius 1 is 1.57 bits per heavy atom. The third kappa shape index (κ3) is 3.05. The van der Waals surface area contributed by atoms with E-state index in [2.05, 4.69) is 10.3 Å². The van der Waals surface area contributed by atoms with Gasteiger partial charge in [-0.1, -0.05) is 13.0 Å². The number of hydrogen-bond donors (Lipinski definition) is 1. The standard InChI is InChI=1S/C10H14N2O2/c1-3-9(13)11-6-8-4-5-10(14-2)12-7-8/h4-5,7H,3,6H2,1-2H3,(H,11,13). The molecule has 0 aliphatic rings. The third-order valence-electron chi connectivity index (χ3n) is 1.82. The molecule has 0 aliphatic carbocycles. The van der Waals surface area contributed by atoms with Gasteiger partial charge in [-0.3, -0.25) is 4.79 Å². The summed E-state index contributed by atoms with van der Waals surface area (Å²) >= 11 is 0. The van der Waals surface area contributed by atoms with Crippen molar-refractivity contribution < 1.29 is 9.53 Å². The molecule has 0 aliphatic heterocycles. The molecule has 4 heteroatoms. The Labute approximate surface area is 83.3 Å². The lowest BCUT2D eigenvalue weighted by molar-refractivity contribution is -0.120. The molecule has 0 unspecified atom stereocenters. The van der Waals surface area contributed by atoms with E-state index in [9.17, 15) is 4.79 Å². The number of amides is 1. The topological polar surface area (TPSA) is 51.2 Å². The van der Waals surface area contributed by atoms with E-state index in [1.165, 1.54) is 0 Å². The summed E-state index contributed by atoms with van der Waals surface area (Å²) in [5.41, 5.74) is 0.965. The second kappa shape index (κ2) is 5.21. The molecule has 76 valence electrons. The second-order valence-corrected chi connectivity index (χ2v) is 2.84. The summed E-state index contributed by atoms with van der Waals surface area (Å²) in [5.74, 6) is 0.622. The van der Waals surface area contributed by atoms with E-state index >= 15 is 0 Å². The average molecular weight is 194 g/mol. The smallest absolute Gasteiger partial charge is 0.219 e. The molecule has 0 atom stereocenters. The van der Waals surface area contributed by atoms with Crippen LogP contribution in [-0.4, -0.2) is 18.0 Å². The van der Waals surface area contributed by atoms with Gasteiger partial charge in [-0.15, -0.1) is 0 Å². The summed E-state index contributed by atoms with van der Waals surface area (Å²) in [7, 11) is 1.57. The first-order valence-corrected chi connectivity index (χ1v) is 4.52. The van der Waals surface area contributed by atoms with Crippen molar-refractivity contribution in [3.63, 3.8) is 0 Å². The van der Waals surface area contributed by atoms with Crippen LogP contribution in [0.5, 0.6) is 5.88 Å². The maximum atomic E-state index is 11.0. The summed E-state index contributed by atoms with van der Waals surface area (Å²) in [6.07, 6.45) is 2.19. The van der Waals surface area contributed by atoms with Gasteiger partial charge >= 0.3 is 0 Å². The molecular weight excluding hydrogens is 180 g/mol. The summed E-state index contributed by atoms with van der Waals surface area (Å²) < 4.78 is 4.92. The highest BCUT2D eigenvalue weighted by atomic mass is 16.5. The van der Waals surface area contributed by atoms with Crippen molar-refractivity contribution in [1.29, 1.82) is 0 Å². The van der Waals surface area contributed by atoms with Crippen LogP contribution in [0.4, 0.5) is 0 Å². The zero-order chi connectivity index (χ0) is 10.4. The van der Waals surface area contributed by atoms with Crippen LogP contribution in [0, 0.1) is 0 Å². The third-order valence-corrected chi connectivity index (χ3v) is 1.82. The van der Waals surface area contributed by atoms with Crippen LogP contribution >= 0.6 is 0 Å². The predicted octanol–water partition coefficient (Wildman–Crippen LogP) is 1.12. The van der Waals surface area contributed by atoms with Gasteiger partial charge in [0.25, 0.3) is 0 Å². The lowest BCUT2D eigenvalue weighted by Gasteiger charge is -2.03. The molecule has 4 nitrogen and oxygen atoms in total. The van der Waals surface area contributed by atoms with Gasteiger partial charge in [0.15, 0.2) is 0 Å². The van der Waals surface area contributed by atoms with Gasteiger partial charge in [0.2, 0.25) is 11.8 Å². The van der Waals surface area contributed by atoms with Gasteiger partial charge in [-0.2, -0.15) is 0 Å². The summed E-state index contributed by atoms with van der Waals surface area (Å²) in [4.78, 5) is 15.0. The van der Waals surface area contributed by atoms with Crippen molar-refractivity contribution in [2.24, 2.45) is 0 Å². The highest BCUT2D eigenvalue weighted by molar-refractivity contribution is 5.75. The molecule has 0 aromatic carbocycles. The van der Waals surface area contributed by atoms with Crippen LogP contribution in [0.15, 0.2) is 18.3 Å². The number of aromatic nitrogens is 1. The zero-order valence-electron chi connectivity index (χ0n) is 8.41. The Morgan fingerprint density at radius 2 is 2.36 bits per heavy atom. The number of hydrogen-bond acceptors (Lipinski definition) is 3. The van der Waals surface area contributed by atoms with E-state index < -0.39 is 0 Å². The number of rotatable bonds is 4. The van der Waals surface area contributed by atoms with E-state index in [1.807, 2.05) is 13.0 Å².